The Morgan fingerprint density at radius 1 is 1.22 bits per heavy atom. The van der Waals surface area contributed by atoms with Crippen LogP contribution in [0, 0.1) is 0 Å². The number of aryl methyl sites for hydroxylation is 1. The minimum atomic E-state index is -0.475. The van der Waals surface area contributed by atoms with Crippen LogP contribution < -0.4 is 14.8 Å². The van der Waals surface area contributed by atoms with Crippen molar-refractivity contribution in [3.05, 3.63) is 53.6 Å². The predicted octanol–water partition coefficient (Wildman–Crippen LogP) is 3.77. The topological polar surface area (TPSA) is 56.8 Å². The van der Waals surface area contributed by atoms with Gasteiger partial charge in [-0.3, -0.25) is 5.32 Å². The summed E-state index contributed by atoms with van der Waals surface area (Å²) in [5.41, 5.74) is 2.73. The first-order valence-corrected chi connectivity index (χ1v) is 7.57. The van der Waals surface area contributed by atoms with Gasteiger partial charge in [0.25, 0.3) is 0 Å². The molecule has 5 heteroatoms. The summed E-state index contributed by atoms with van der Waals surface area (Å²) in [6, 6.07) is 13.0. The SMILES string of the molecule is COc1ccc(COC(=O)Nc2ccc3c(c2)CCCO3)cc1. The van der Waals surface area contributed by atoms with Crippen molar-refractivity contribution in [1.82, 2.24) is 0 Å². The second-order valence-corrected chi connectivity index (χ2v) is 5.32. The van der Waals surface area contributed by atoms with E-state index < -0.39 is 6.09 Å². The van der Waals surface area contributed by atoms with Crippen LogP contribution in [0.3, 0.4) is 0 Å². The monoisotopic (exact) mass is 313 g/mol. The molecule has 1 N–H and O–H groups in total. The first kappa shape index (κ1) is 15.2. The van der Waals surface area contributed by atoms with Crippen LogP contribution in [0.5, 0.6) is 11.5 Å². The highest BCUT2D eigenvalue weighted by atomic mass is 16.5. The van der Waals surface area contributed by atoms with Crippen LogP contribution in [-0.2, 0) is 17.8 Å². The lowest BCUT2D eigenvalue weighted by molar-refractivity contribution is 0.155. The van der Waals surface area contributed by atoms with E-state index in [-0.39, 0.29) is 6.61 Å². The average Bonchev–Trinajstić information content (AvgIpc) is 2.60. The maximum Gasteiger partial charge on any atom is 0.411 e. The van der Waals surface area contributed by atoms with Crippen molar-refractivity contribution in [2.24, 2.45) is 0 Å². The average molecular weight is 313 g/mol. The molecule has 0 bridgehead atoms. The number of benzene rings is 2. The van der Waals surface area contributed by atoms with Gasteiger partial charge in [0, 0.05) is 5.69 Å². The quantitative estimate of drug-likeness (QED) is 0.933. The molecular formula is C18H19NO4. The van der Waals surface area contributed by atoms with Gasteiger partial charge in [-0.15, -0.1) is 0 Å². The minimum Gasteiger partial charge on any atom is -0.497 e. The van der Waals surface area contributed by atoms with E-state index in [0.29, 0.717) is 5.69 Å². The molecule has 0 spiro atoms. The number of amides is 1. The number of hydrogen-bond donors (Lipinski definition) is 1. The number of fused-ring (bicyclic) bond motifs is 1. The van der Waals surface area contributed by atoms with Gasteiger partial charge >= 0.3 is 6.09 Å². The van der Waals surface area contributed by atoms with E-state index in [9.17, 15) is 4.79 Å². The fraction of sp³-hybridized carbons (Fsp3) is 0.278. The molecule has 1 amide bonds. The zero-order chi connectivity index (χ0) is 16.1. The lowest BCUT2D eigenvalue weighted by atomic mass is 10.1. The van der Waals surface area contributed by atoms with Gasteiger partial charge < -0.3 is 14.2 Å². The summed E-state index contributed by atoms with van der Waals surface area (Å²) in [6.07, 6.45) is 1.49. The Bertz CT molecular complexity index is 682. The molecule has 0 saturated heterocycles. The van der Waals surface area contributed by atoms with Gasteiger partial charge in [0.2, 0.25) is 0 Å². The normalized spacial score (nSPS) is 12.7. The minimum absolute atomic E-state index is 0.212. The van der Waals surface area contributed by atoms with Gasteiger partial charge in [0.05, 0.1) is 13.7 Å². The van der Waals surface area contributed by atoms with E-state index in [1.807, 2.05) is 42.5 Å². The molecule has 23 heavy (non-hydrogen) atoms. The number of hydrogen-bond acceptors (Lipinski definition) is 4. The number of methoxy groups -OCH3 is 1. The number of nitrogens with one attached hydrogen (secondary N) is 1. The Morgan fingerprint density at radius 2 is 2.04 bits per heavy atom. The third-order valence-electron chi connectivity index (χ3n) is 3.68. The third-order valence-corrected chi connectivity index (χ3v) is 3.68. The smallest absolute Gasteiger partial charge is 0.411 e. The maximum absolute atomic E-state index is 11.9. The maximum atomic E-state index is 11.9. The first-order valence-electron chi connectivity index (χ1n) is 7.57. The summed E-state index contributed by atoms with van der Waals surface area (Å²) in [6.45, 7) is 0.966. The zero-order valence-electron chi connectivity index (χ0n) is 13.0. The Kier molecular flexibility index (Phi) is 4.66. The number of ether oxygens (including phenoxy) is 3. The molecule has 0 atom stereocenters. The Hall–Kier alpha value is -2.69. The second kappa shape index (κ2) is 7.05. The second-order valence-electron chi connectivity index (χ2n) is 5.32. The van der Waals surface area contributed by atoms with E-state index in [1.165, 1.54) is 0 Å². The van der Waals surface area contributed by atoms with Crippen molar-refractivity contribution in [2.75, 3.05) is 19.0 Å². The molecule has 0 aliphatic carbocycles. The van der Waals surface area contributed by atoms with Gasteiger partial charge in [-0.2, -0.15) is 0 Å². The summed E-state index contributed by atoms with van der Waals surface area (Å²) >= 11 is 0. The van der Waals surface area contributed by atoms with Gasteiger partial charge in [0.1, 0.15) is 18.1 Å². The highest BCUT2D eigenvalue weighted by Crippen LogP contribution is 2.27. The number of carbonyl (C=O) groups excluding carboxylic acids is 1. The van der Waals surface area contributed by atoms with Crippen LogP contribution in [0.15, 0.2) is 42.5 Å². The molecule has 0 unspecified atom stereocenters. The summed E-state index contributed by atoms with van der Waals surface area (Å²) in [5, 5.41) is 2.74. The lowest BCUT2D eigenvalue weighted by Gasteiger charge is -2.18. The molecule has 1 heterocycles. The van der Waals surface area contributed by atoms with E-state index in [0.717, 1.165) is 42.1 Å². The van der Waals surface area contributed by atoms with Crippen molar-refractivity contribution in [1.29, 1.82) is 0 Å². The van der Waals surface area contributed by atoms with Crippen molar-refractivity contribution >= 4 is 11.8 Å². The largest absolute Gasteiger partial charge is 0.497 e. The summed E-state index contributed by atoms with van der Waals surface area (Å²) in [7, 11) is 1.61. The van der Waals surface area contributed by atoms with Crippen molar-refractivity contribution < 1.29 is 19.0 Å². The fourth-order valence-corrected chi connectivity index (χ4v) is 2.46. The molecule has 1 aliphatic heterocycles. The van der Waals surface area contributed by atoms with Gasteiger partial charge in [-0.05, 0) is 54.3 Å². The fourth-order valence-electron chi connectivity index (χ4n) is 2.46. The molecule has 2 aromatic rings. The van der Waals surface area contributed by atoms with Crippen LogP contribution in [0.4, 0.5) is 10.5 Å². The van der Waals surface area contributed by atoms with Crippen LogP contribution >= 0.6 is 0 Å². The van der Waals surface area contributed by atoms with Crippen LogP contribution in [0.1, 0.15) is 17.5 Å². The molecule has 0 aromatic heterocycles. The van der Waals surface area contributed by atoms with E-state index >= 15 is 0 Å². The van der Waals surface area contributed by atoms with E-state index in [4.69, 9.17) is 14.2 Å². The molecule has 5 nitrogen and oxygen atoms in total. The number of carbonyl (C=O) groups is 1. The van der Waals surface area contributed by atoms with Crippen LogP contribution in [0.2, 0.25) is 0 Å². The highest BCUT2D eigenvalue weighted by molar-refractivity contribution is 5.84. The van der Waals surface area contributed by atoms with E-state index in [2.05, 4.69) is 5.32 Å². The Balaban J connectivity index is 1.54. The molecular weight excluding hydrogens is 294 g/mol. The number of anilines is 1. The Morgan fingerprint density at radius 3 is 2.83 bits per heavy atom. The summed E-state index contributed by atoms with van der Waals surface area (Å²) in [4.78, 5) is 11.9. The Labute approximate surface area is 135 Å². The van der Waals surface area contributed by atoms with Crippen LogP contribution in [0.25, 0.3) is 0 Å². The number of rotatable bonds is 4. The molecule has 0 radical (unpaired) electrons. The lowest BCUT2D eigenvalue weighted by Crippen LogP contribution is -2.14. The molecule has 3 rings (SSSR count). The zero-order valence-corrected chi connectivity index (χ0v) is 13.0. The predicted molar refractivity (Wildman–Crippen MR) is 87.1 cm³/mol. The summed E-state index contributed by atoms with van der Waals surface area (Å²) < 4.78 is 15.9. The molecule has 0 saturated carbocycles. The molecule has 1 aliphatic rings. The van der Waals surface area contributed by atoms with Gasteiger partial charge in [0.15, 0.2) is 0 Å². The highest BCUT2D eigenvalue weighted by Gasteiger charge is 2.12. The first-order chi connectivity index (χ1) is 11.2. The standard InChI is InChI=1S/C18H19NO4/c1-21-16-7-4-13(5-8-16)12-23-18(20)19-15-6-9-17-14(11-15)3-2-10-22-17/h4-9,11H,2-3,10,12H2,1H3,(H,19,20). The van der Waals surface area contributed by atoms with Crippen molar-refractivity contribution in [3.8, 4) is 11.5 Å². The van der Waals surface area contributed by atoms with Crippen LogP contribution in [-0.4, -0.2) is 19.8 Å². The third kappa shape index (κ3) is 3.94. The molecule has 2 aromatic carbocycles. The molecule has 0 fully saturated rings. The molecule has 120 valence electrons. The summed E-state index contributed by atoms with van der Waals surface area (Å²) in [5.74, 6) is 1.67. The van der Waals surface area contributed by atoms with Crippen molar-refractivity contribution in [2.45, 2.75) is 19.4 Å². The van der Waals surface area contributed by atoms with E-state index in [1.54, 1.807) is 7.11 Å². The van der Waals surface area contributed by atoms with Gasteiger partial charge in [-0.25, -0.2) is 4.79 Å². The van der Waals surface area contributed by atoms with Gasteiger partial charge in [-0.1, -0.05) is 12.1 Å². The van der Waals surface area contributed by atoms with Crippen molar-refractivity contribution in [3.63, 3.8) is 0 Å².